The van der Waals surface area contributed by atoms with E-state index in [0.717, 1.165) is 51.3 Å². The van der Waals surface area contributed by atoms with Gasteiger partial charge in [0.25, 0.3) is 12.4 Å². The van der Waals surface area contributed by atoms with Crippen LogP contribution in [0.4, 0.5) is 34.1 Å². The van der Waals surface area contributed by atoms with Crippen molar-refractivity contribution in [3.8, 4) is 34.1 Å². The van der Waals surface area contributed by atoms with E-state index in [2.05, 4.69) is 249 Å². The zero-order valence-corrected chi connectivity index (χ0v) is 45.4. The summed E-state index contributed by atoms with van der Waals surface area (Å²) in [5, 5.41) is 3.73. The van der Waals surface area contributed by atoms with E-state index in [4.69, 9.17) is 9.47 Å². The highest BCUT2D eigenvalue weighted by molar-refractivity contribution is 7.00. The van der Waals surface area contributed by atoms with E-state index in [1.807, 2.05) is 0 Å². The molecule has 7 heteroatoms. The lowest BCUT2D eigenvalue weighted by Gasteiger charge is -2.48. The summed E-state index contributed by atoms with van der Waals surface area (Å²) in [4.78, 5) is 5.13. The van der Waals surface area contributed by atoms with Crippen LogP contribution in [0.15, 0.2) is 133 Å². The Kier molecular flexibility index (Phi) is 8.92. The van der Waals surface area contributed by atoms with E-state index in [1.54, 1.807) is 0 Å². The first-order chi connectivity index (χ1) is 35.1. The summed E-state index contributed by atoms with van der Waals surface area (Å²) >= 11 is 0. The second kappa shape index (κ2) is 14.6. The van der Waals surface area contributed by atoms with Crippen LogP contribution in [0.2, 0.25) is 0 Å². The van der Waals surface area contributed by atoms with Crippen molar-refractivity contribution in [3.63, 3.8) is 0 Å². The van der Waals surface area contributed by atoms with Crippen LogP contribution in [-0.4, -0.2) is 11.1 Å². The van der Waals surface area contributed by atoms with Crippen molar-refractivity contribution in [2.45, 2.75) is 112 Å². The number of ether oxygens (including phenoxy) is 2. The monoisotopic (exact) mass is 968 g/mol. The van der Waals surface area contributed by atoms with Gasteiger partial charge in [0, 0.05) is 22.1 Å². The minimum absolute atomic E-state index is 0.0743. The minimum Gasteiger partial charge on any atom is -0.453 e. The molecule has 4 aliphatic heterocycles. The van der Waals surface area contributed by atoms with Crippen LogP contribution in [0.25, 0.3) is 49.5 Å². The summed E-state index contributed by atoms with van der Waals surface area (Å²) in [5.74, 6) is 3.54. The van der Waals surface area contributed by atoms with Crippen molar-refractivity contribution >= 4 is 95.6 Å². The average molecular weight is 968 g/mol. The SMILES string of the molecule is Cc1ccc(-c2cc3c4c(c2)N2c5ccc(C(C)(C)C)cc5Oc5cc(C(C)(C)C)cc(c52)B4c2cc(C(C)(C)C)cc4c2N3c2ccc(C(C)(C)C)cc2O4)c2c3ccccc3n3c4ccccc4[n+](C)c3c12. The molecule has 0 spiro atoms. The van der Waals surface area contributed by atoms with Gasteiger partial charge in [-0.15, -0.1) is 0 Å². The van der Waals surface area contributed by atoms with Gasteiger partial charge in [-0.2, -0.15) is 4.40 Å². The third-order valence-electron chi connectivity index (χ3n) is 16.9. The quantitative estimate of drug-likeness (QED) is 0.0932. The summed E-state index contributed by atoms with van der Waals surface area (Å²) in [5.41, 5.74) is 23.3. The number of fused-ring (bicyclic) bond motifs is 16. The van der Waals surface area contributed by atoms with E-state index in [9.17, 15) is 0 Å². The van der Waals surface area contributed by atoms with Gasteiger partial charge in [0.05, 0.1) is 35.2 Å². The van der Waals surface area contributed by atoms with Gasteiger partial charge in [-0.3, -0.25) is 0 Å². The zero-order valence-electron chi connectivity index (χ0n) is 45.4. The van der Waals surface area contributed by atoms with Crippen LogP contribution in [0, 0.1) is 6.92 Å². The second-order valence-corrected chi connectivity index (χ2v) is 25.8. The number of aryl methyl sites for hydroxylation is 2. The molecule has 0 bridgehead atoms. The van der Waals surface area contributed by atoms with E-state index in [1.165, 1.54) is 99.5 Å². The van der Waals surface area contributed by atoms with Gasteiger partial charge in [-0.1, -0.05) is 150 Å². The van der Waals surface area contributed by atoms with Gasteiger partial charge >= 0.3 is 0 Å². The van der Waals surface area contributed by atoms with Crippen molar-refractivity contribution in [1.82, 2.24) is 4.40 Å². The molecule has 74 heavy (non-hydrogen) atoms. The van der Waals surface area contributed by atoms with Gasteiger partial charge in [0.1, 0.15) is 5.52 Å². The number of nitrogens with zero attached hydrogens (tertiary/aromatic N) is 4. The largest absolute Gasteiger partial charge is 0.453 e. The highest BCUT2D eigenvalue weighted by Crippen LogP contribution is 2.59. The van der Waals surface area contributed by atoms with Gasteiger partial charge in [-0.05, 0) is 151 Å². The Hall–Kier alpha value is -7.51. The molecule has 6 nitrogen and oxygen atoms in total. The maximum Gasteiger partial charge on any atom is 0.295 e. The molecule has 0 amide bonds. The molecule has 2 aromatic heterocycles. The molecule has 0 unspecified atom stereocenters. The number of benzene rings is 8. The lowest BCUT2D eigenvalue weighted by molar-refractivity contribution is -0.617. The van der Waals surface area contributed by atoms with Crippen LogP contribution in [0.5, 0.6) is 23.0 Å². The first-order valence-electron chi connectivity index (χ1n) is 26.6. The normalized spacial score (nSPS) is 14.5. The van der Waals surface area contributed by atoms with Gasteiger partial charge in [0.15, 0.2) is 34.0 Å². The van der Waals surface area contributed by atoms with Crippen LogP contribution in [0.3, 0.4) is 0 Å². The molecule has 366 valence electrons. The predicted molar refractivity (Wildman–Crippen MR) is 310 cm³/mol. The maximum atomic E-state index is 7.31. The van der Waals surface area contributed by atoms with Crippen LogP contribution in [-0.2, 0) is 28.7 Å². The van der Waals surface area contributed by atoms with Crippen LogP contribution >= 0.6 is 0 Å². The number of aromatic nitrogens is 2. The summed E-state index contributed by atoms with van der Waals surface area (Å²) < 4.78 is 19.5. The number of imidazole rings is 1. The second-order valence-electron chi connectivity index (χ2n) is 25.8. The van der Waals surface area contributed by atoms with Gasteiger partial charge in [0.2, 0.25) is 0 Å². The van der Waals surface area contributed by atoms with Crippen molar-refractivity contribution in [2.24, 2.45) is 7.05 Å². The summed E-state index contributed by atoms with van der Waals surface area (Å²) in [6, 6.07) is 51.1. The highest BCUT2D eigenvalue weighted by atomic mass is 16.5. The fourth-order valence-electron chi connectivity index (χ4n) is 12.8. The smallest absolute Gasteiger partial charge is 0.295 e. The first kappa shape index (κ1) is 45.1. The summed E-state index contributed by atoms with van der Waals surface area (Å²) in [6.07, 6.45) is 0. The number of hydrogen-bond donors (Lipinski definition) is 0. The summed E-state index contributed by atoms with van der Waals surface area (Å²) in [7, 11) is 2.23. The Labute approximate surface area is 435 Å². The Morgan fingerprint density at radius 2 is 0.946 bits per heavy atom. The molecule has 0 saturated carbocycles. The summed E-state index contributed by atoms with van der Waals surface area (Å²) in [6.45, 7) is 29.8. The molecular formula is C67H64BN4O2+. The average Bonchev–Trinajstić information content (AvgIpc) is 3.65. The molecule has 8 aromatic carbocycles. The number of para-hydroxylation sites is 3. The molecule has 0 radical (unpaired) electrons. The van der Waals surface area contributed by atoms with Crippen LogP contribution < -0.4 is 40.2 Å². The molecule has 0 atom stereocenters. The standard InChI is InChI=1S/C67H64BN4O2/c1-37-23-26-43(59-44-19-15-16-20-47(44)72-49-22-18-17-21-48(49)69(14)63(72)58(37)59)38-29-52-60-53(30-38)71-51-28-25-40(65(5,6)7)34-55(51)74-57-36-42(67(11,12)13)32-46(62(57)71)68(60)45-31-41(66(8,9)10)35-56-61(45)70(52)50-27-24-39(64(2,3)4)33-54(50)73-56/h15-36H,1-14H3/q+1. The fourth-order valence-corrected chi connectivity index (χ4v) is 12.8. The molecule has 4 aliphatic rings. The maximum absolute atomic E-state index is 7.31. The fraction of sp³-hybridized carbons (Fsp3) is 0.269. The van der Waals surface area contributed by atoms with E-state index < -0.39 is 0 Å². The minimum atomic E-state index is -0.149. The number of hydrogen-bond acceptors (Lipinski definition) is 4. The predicted octanol–water partition coefficient (Wildman–Crippen LogP) is 15.7. The third-order valence-corrected chi connectivity index (χ3v) is 16.9. The topological polar surface area (TPSA) is 33.2 Å². The molecule has 0 N–H and O–H groups in total. The van der Waals surface area contributed by atoms with E-state index in [-0.39, 0.29) is 28.4 Å². The number of anilines is 6. The van der Waals surface area contributed by atoms with Crippen LogP contribution in [0.1, 0.15) is 111 Å². The lowest BCUT2D eigenvalue weighted by Crippen LogP contribution is -2.62. The Morgan fingerprint density at radius 1 is 0.459 bits per heavy atom. The highest BCUT2D eigenvalue weighted by Gasteiger charge is 2.50. The molecular weight excluding hydrogens is 904 g/mol. The first-order valence-corrected chi connectivity index (χ1v) is 26.6. The van der Waals surface area contributed by atoms with E-state index in [0.29, 0.717) is 0 Å². The number of pyridine rings is 1. The molecule has 0 fully saturated rings. The van der Waals surface area contributed by atoms with Crippen molar-refractivity contribution < 1.29 is 14.0 Å². The Bertz CT molecular complexity index is 4010. The van der Waals surface area contributed by atoms with E-state index >= 15 is 0 Å². The van der Waals surface area contributed by atoms with Crippen molar-refractivity contribution in [1.29, 1.82) is 0 Å². The van der Waals surface area contributed by atoms with Crippen molar-refractivity contribution in [2.75, 3.05) is 9.80 Å². The lowest BCUT2D eigenvalue weighted by atomic mass is 9.33. The van der Waals surface area contributed by atoms with Gasteiger partial charge in [-0.25, -0.2) is 4.57 Å². The number of rotatable bonds is 1. The molecule has 14 rings (SSSR count). The molecule has 10 aromatic rings. The molecule has 0 aliphatic carbocycles. The molecule has 0 saturated heterocycles. The van der Waals surface area contributed by atoms with Gasteiger partial charge < -0.3 is 19.3 Å². The van der Waals surface area contributed by atoms with Crippen molar-refractivity contribution in [3.05, 3.63) is 161 Å². The Morgan fingerprint density at radius 3 is 1.47 bits per heavy atom. The Balaban J connectivity index is 1.16. The molecule has 6 heterocycles. The zero-order chi connectivity index (χ0) is 51.4. The third kappa shape index (κ3) is 6.16.